The van der Waals surface area contributed by atoms with Gasteiger partial charge in [-0.2, -0.15) is 0 Å². The highest BCUT2D eigenvalue weighted by molar-refractivity contribution is 7.11. The molecule has 0 bridgehead atoms. The molecule has 0 radical (unpaired) electrons. The van der Waals surface area contributed by atoms with Crippen LogP contribution in [0.15, 0.2) is 41.8 Å². The molecule has 0 saturated heterocycles. The molecular weight excluding hydrogens is 260 g/mol. The highest BCUT2D eigenvalue weighted by Gasteiger charge is 2.11. The average molecular weight is 274 g/mol. The van der Waals surface area contributed by atoms with E-state index in [2.05, 4.69) is 0 Å². The van der Waals surface area contributed by atoms with Crippen molar-refractivity contribution in [3.63, 3.8) is 0 Å². The van der Waals surface area contributed by atoms with Crippen LogP contribution in [0.5, 0.6) is 5.75 Å². The van der Waals surface area contributed by atoms with Crippen molar-refractivity contribution in [1.29, 1.82) is 0 Å². The maximum absolute atomic E-state index is 11.3. The fraction of sp³-hybridized carbons (Fsp3) is 0.133. The Labute approximate surface area is 115 Å². The Balaban J connectivity index is 2.29. The molecule has 0 saturated carbocycles. The quantitative estimate of drug-likeness (QED) is 0.844. The van der Waals surface area contributed by atoms with Gasteiger partial charge in [-0.1, -0.05) is 18.2 Å². The summed E-state index contributed by atoms with van der Waals surface area (Å²) in [6.45, 7) is 2.54. The molecule has 0 spiro atoms. The number of rotatable bonds is 5. The summed E-state index contributed by atoms with van der Waals surface area (Å²) < 4.78 is 5.35. The number of carboxylic acid groups (broad SMARTS) is 1. The third-order valence-electron chi connectivity index (χ3n) is 2.52. The van der Waals surface area contributed by atoms with E-state index in [1.807, 2.05) is 42.6 Å². The van der Waals surface area contributed by atoms with Crippen molar-refractivity contribution in [3.05, 3.63) is 52.2 Å². The lowest BCUT2D eigenvalue weighted by Gasteiger charge is -2.03. The Kier molecular flexibility index (Phi) is 4.36. The number of hydrogen-bond acceptors (Lipinski definition) is 3. The van der Waals surface area contributed by atoms with E-state index in [-0.39, 0.29) is 0 Å². The predicted molar refractivity (Wildman–Crippen MR) is 77.4 cm³/mol. The molecule has 1 aromatic heterocycles. The van der Waals surface area contributed by atoms with Crippen molar-refractivity contribution in [3.8, 4) is 5.75 Å². The molecular formula is C15H14O3S. The monoisotopic (exact) mass is 274 g/mol. The highest BCUT2D eigenvalue weighted by atomic mass is 32.1. The van der Waals surface area contributed by atoms with Crippen LogP contribution < -0.4 is 4.74 Å². The van der Waals surface area contributed by atoms with Gasteiger partial charge in [0.25, 0.3) is 0 Å². The second kappa shape index (κ2) is 6.20. The molecule has 1 heterocycles. The maximum atomic E-state index is 11.3. The SMILES string of the molecule is CCOc1ccc(/C=C(/C(=O)O)c2cccs2)cc1. The highest BCUT2D eigenvalue weighted by Crippen LogP contribution is 2.24. The molecule has 0 atom stereocenters. The Morgan fingerprint density at radius 1 is 1.32 bits per heavy atom. The van der Waals surface area contributed by atoms with Crippen molar-refractivity contribution in [2.75, 3.05) is 6.61 Å². The average Bonchev–Trinajstić information content (AvgIpc) is 2.91. The topological polar surface area (TPSA) is 46.5 Å². The third-order valence-corrected chi connectivity index (χ3v) is 3.42. The zero-order valence-electron chi connectivity index (χ0n) is 10.5. The Hall–Kier alpha value is -2.07. The molecule has 19 heavy (non-hydrogen) atoms. The van der Waals surface area contributed by atoms with Crippen LogP contribution in [0.3, 0.4) is 0 Å². The van der Waals surface area contributed by atoms with Crippen molar-refractivity contribution >= 4 is 29.0 Å². The van der Waals surface area contributed by atoms with Crippen LogP contribution in [0.25, 0.3) is 11.6 Å². The second-order valence-electron chi connectivity index (χ2n) is 3.84. The van der Waals surface area contributed by atoms with E-state index in [4.69, 9.17) is 4.74 Å². The van der Waals surface area contributed by atoms with E-state index in [1.54, 1.807) is 12.1 Å². The summed E-state index contributed by atoms with van der Waals surface area (Å²) in [6.07, 6.45) is 1.67. The van der Waals surface area contributed by atoms with Crippen LogP contribution in [0.4, 0.5) is 0 Å². The van der Waals surface area contributed by atoms with Gasteiger partial charge in [0.1, 0.15) is 5.75 Å². The summed E-state index contributed by atoms with van der Waals surface area (Å²) in [6, 6.07) is 11.0. The molecule has 3 nitrogen and oxygen atoms in total. The minimum Gasteiger partial charge on any atom is -0.494 e. The summed E-state index contributed by atoms with van der Waals surface area (Å²) in [4.78, 5) is 12.0. The first-order chi connectivity index (χ1) is 9.20. The molecule has 1 N–H and O–H groups in total. The normalized spacial score (nSPS) is 11.3. The molecule has 0 aliphatic rings. The van der Waals surface area contributed by atoms with E-state index in [0.717, 1.165) is 16.2 Å². The van der Waals surface area contributed by atoms with Crippen LogP contribution in [0.2, 0.25) is 0 Å². The van der Waals surface area contributed by atoms with Gasteiger partial charge in [-0.15, -0.1) is 11.3 Å². The van der Waals surface area contributed by atoms with Crippen molar-refractivity contribution in [2.45, 2.75) is 6.92 Å². The standard InChI is InChI=1S/C15H14O3S/c1-2-18-12-7-5-11(6-8-12)10-13(15(16)17)14-4-3-9-19-14/h3-10H,2H2,1H3,(H,16,17)/b13-10+. The molecule has 2 aromatic rings. The number of benzene rings is 1. The minimum absolute atomic E-state index is 0.305. The molecule has 4 heteroatoms. The number of carbonyl (C=O) groups is 1. The molecule has 0 aliphatic carbocycles. The van der Waals surface area contributed by atoms with E-state index in [9.17, 15) is 9.90 Å². The molecule has 0 unspecified atom stereocenters. The molecule has 0 aliphatic heterocycles. The summed E-state index contributed by atoms with van der Waals surface area (Å²) in [5.74, 6) is -0.135. The number of carboxylic acids is 1. The fourth-order valence-corrected chi connectivity index (χ4v) is 2.40. The van der Waals surface area contributed by atoms with Gasteiger partial charge in [-0.05, 0) is 42.1 Å². The Morgan fingerprint density at radius 3 is 2.58 bits per heavy atom. The van der Waals surface area contributed by atoms with Crippen molar-refractivity contribution < 1.29 is 14.6 Å². The van der Waals surface area contributed by atoms with E-state index >= 15 is 0 Å². The maximum Gasteiger partial charge on any atom is 0.337 e. The van der Waals surface area contributed by atoms with E-state index in [0.29, 0.717) is 12.2 Å². The van der Waals surface area contributed by atoms with Gasteiger partial charge < -0.3 is 9.84 Å². The Bertz CT molecular complexity index is 568. The van der Waals surface area contributed by atoms with Gasteiger partial charge in [-0.3, -0.25) is 0 Å². The Morgan fingerprint density at radius 2 is 2.05 bits per heavy atom. The van der Waals surface area contributed by atoms with E-state index in [1.165, 1.54) is 11.3 Å². The van der Waals surface area contributed by atoms with Gasteiger partial charge in [0.05, 0.1) is 12.2 Å². The molecule has 0 amide bonds. The predicted octanol–water partition coefficient (Wildman–Crippen LogP) is 3.77. The second-order valence-corrected chi connectivity index (χ2v) is 4.79. The van der Waals surface area contributed by atoms with E-state index < -0.39 is 5.97 Å². The minimum atomic E-state index is -0.920. The van der Waals surface area contributed by atoms with Gasteiger partial charge in [-0.25, -0.2) is 4.79 Å². The van der Waals surface area contributed by atoms with Gasteiger partial charge in [0.2, 0.25) is 0 Å². The van der Waals surface area contributed by atoms with Crippen LogP contribution in [-0.4, -0.2) is 17.7 Å². The van der Waals surface area contributed by atoms with Crippen LogP contribution >= 0.6 is 11.3 Å². The smallest absolute Gasteiger partial charge is 0.337 e. The van der Waals surface area contributed by atoms with Crippen LogP contribution in [-0.2, 0) is 4.79 Å². The van der Waals surface area contributed by atoms with Crippen LogP contribution in [0, 0.1) is 0 Å². The zero-order valence-corrected chi connectivity index (χ0v) is 11.3. The first kappa shape index (κ1) is 13.4. The first-order valence-corrected chi connectivity index (χ1v) is 6.80. The number of hydrogen-bond donors (Lipinski definition) is 1. The number of ether oxygens (including phenoxy) is 1. The van der Waals surface area contributed by atoms with Crippen LogP contribution in [0.1, 0.15) is 17.4 Å². The summed E-state index contributed by atoms with van der Waals surface area (Å²) in [5.41, 5.74) is 1.15. The number of thiophene rings is 1. The fourth-order valence-electron chi connectivity index (χ4n) is 1.66. The summed E-state index contributed by atoms with van der Waals surface area (Å²) >= 11 is 1.42. The van der Waals surface area contributed by atoms with Gasteiger partial charge in [0, 0.05) is 4.88 Å². The molecule has 1 aromatic carbocycles. The lowest BCUT2D eigenvalue weighted by atomic mass is 10.1. The summed E-state index contributed by atoms with van der Waals surface area (Å²) in [5, 5.41) is 11.1. The lowest BCUT2D eigenvalue weighted by Crippen LogP contribution is -1.97. The van der Waals surface area contributed by atoms with Gasteiger partial charge in [0.15, 0.2) is 0 Å². The first-order valence-electron chi connectivity index (χ1n) is 5.92. The van der Waals surface area contributed by atoms with Gasteiger partial charge >= 0.3 is 5.97 Å². The third kappa shape index (κ3) is 3.45. The number of aliphatic carboxylic acids is 1. The van der Waals surface area contributed by atoms with Crippen molar-refractivity contribution in [2.24, 2.45) is 0 Å². The molecule has 0 fully saturated rings. The lowest BCUT2D eigenvalue weighted by molar-refractivity contribution is -0.130. The molecule has 98 valence electrons. The zero-order chi connectivity index (χ0) is 13.7. The van der Waals surface area contributed by atoms with Crippen molar-refractivity contribution in [1.82, 2.24) is 0 Å². The largest absolute Gasteiger partial charge is 0.494 e. The molecule has 2 rings (SSSR count). The summed E-state index contributed by atoms with van der Waals surface area (Å²) in [7, 11) is 0.